The van der Waals surface area contributed by atoms with Crippen LogP contribution in [0.1, 0.15) is 12.5 Å². The Hall–Kier alpha value is -0.900. The van der Waals surface area contributed by atoms with Crippen molar-refractivity contribution in [3.63, 3.8) is 0 Å². The summed E-state index contributed by atoms with van der Waals surface area (Å²) in [6.07, 6.45) is 0. The van der Waals surface area contributed by atoms with Crippen molar-refractivity contribution in [2.75, 3.05) is 19.7 Å². The number of ether oxygens (including phenoxy) is 1. The van der Waals surface area contributed by atoms with Crippen molar-refractivity contribution in [2.24, 2.45) is 0 Å². The third-order valence-electron chi connectivity index (χ3n) is 2.49. The molecule has 16 heavy (non-hydrogen) atoms. The van der Waals surface area contributed by atoms with E-state index in [1.54, 1.807) is 11.3 Å². The lowest BCUT2D eigenvalue weighted by Crippen LogP contribution is -2.18. The molecule has 1 N–H and O–H groups in total. The Morgan fingerprint density at radius 3 is 3.06 bits per heavy atom. The molecule has 3 heteroatoms. The Bertz CT molecular complexity index is 438. The molecule has 1 aromatic heterocycles. The molecule has 0 amide bonds. The number of hydrogen-bond donors (Lipinski definition) is 1. The van der Waals surface area contributed by atoms with E-state index in [0.717, 1.165) is 26.3 Å². The van der Waals surface area contributed by atoms with Crippen molar-refractivity contribution in [3.05, 3.63) is 35.2 Å². The van der Waals surface area contributed by atoms with Crippen molar-refractivity contribution in [3.8, 4) is 0 Å². The molecule has 86 valence electrons. The van der Waals surface area contributed by atoms with Gasteiger partial charge in [0.05, 0.1) is 13.2 Å². The van der Waals surface area contributed by atoms with Crippen LogP contribution >= 0.6 is 11.3 Å². The molecular formula is C13H17NOS. The fourth-order valence-electron chi connectivity index (χ4n) is 1.65. The van der Waals surface area contributed by atoms with E-state index < -0.39 is 0 Å². The fraction of sp³-hybridized carbons (Fsp3) is 0.385. The Balaban J connectivity index is 1.89. The van der Waals surface area contributed by atoms with Gasteiger partial charge < -0.3 is 10.1 Å². The maximum Gasteiger partial charge on any atom is 0.0731 e. The fourth-order valence-corrected chi connectivity index (χ4v) is 2.60. The predicted molar refractivity (Wildman–Crippen MR) is 70.0 cm³/mol. The van der Waals surface area contributed by atoms with Gasteiger partial charge in [0.2, 0.25) is 0 Å². The van der Waals surface area contributed by atoms with E-state index in [0.29, 0.717) is 0 Å². The summed E-state index contributed by atoms with van der Waals surface area (Å²) in [6, 6.07) is 8.47. The summed E-state index contributed by atoms with van der Waals surface area (Å²) in [5.74, 6) is 0. The number of thiophene rings is 1. The molecule has 0 fully saturated rings. The number of nitrogens with one attached hydrogen (secondary N) is 1. The normalized spacial score (nSPS) is 11.1. The third-order valence-corrected chi connectivity index (χ3v) is 3.50. The van der Waals surface area contributed by atoms with Crippen molar-refractivity contribution in [1.29, 1.82) is 0 Å². The van der Waals surface area contributed by atoms with E-state index in [2.05, 4.69) is 41.9 Å². The van der Waals surface area contributed by atoms with Crippen LogP contribution in [0.3, 0.4) is 0 Å². The van der Waals surface area contributed by atoms with Gasteiger partial charge >= 0.3 is 0 Å². The highest BCUT2D eigenvalue weighted by atomic mass is 32.1. The minimum Gasteiger partial charge on any atom is -0.375 e. The van der Waals surface area contributed by atoms with E-state index in [1.165, 1.54) is 15.6 Å². The second kappa shape index (κ2) is 5.99. The molecule has 0 spiro atoms. The quantitative estimate of drug-likeness (QED) is 0.777. The molecule has 1 heterocycles. The summed E-state index contributed by atoms with van der Waals surface area (Å²) in [6.45, 7) is 5.53. The van der Waals surface area contributed by atoms with Gasteiger partial charge in [-0.1, -0.05) is 25.1 Å². The van der Waals surface area contributed by atoms with E-state index in [9.17, 15) is 0 Å². The van der Waals surface area contributed by atoms with Gasteiger partial charge in [0, 0.05) is 11.2 Å². The van der Waals surface area contributed by atoms with Crippen LogP contribution < -0.4 is 5.32 Å². The average Bonchev–Trinajstić information content (AvgIpc) is 2.73. The molecule has 0 radical (unpaired) electrons. The first-order valence-electron chi connectivity index (χ1n) is 5.65. The maximum atomic E-state index is 5.63. The largest absolute Gasteiger partial charge is 0.375 e. The van der Waals surface area contributed by atoms with Crippen LogP contribution in [0.5, 0.6) is 0 Å². The van der Waals surface area contributed by atoms with Gasteiger partial charge in [-0.05, 0) is 28.9 Å². The van der Waals surface area contributed by atoms with Crippen LogP contribution in [-0.4, -0.2) is 19.7 Å². The standard InChI is InChI=1S/C13H17NOS/c1-2-14-7-8-15-9-11-10-16-13-6-4-3-5-12(11)13/h3-6,10,14H,2,7-9H2,1H3. The number of rotatable bonds is 6. The predicted octanol–water partition coefficient (Wildman–Crippen LogP) is 3.03. The molecule has 0 aliphatic rings. The van der Waals surface area contributed by atoms with Gasteiger partial charge in [0.15, 0.2) is 0 Å². The van der Waals surface area contributed by atoms with Crippen LogP contribution in [0.15, 0.2) is 29.6 Å². The molecular weight excluding hydrogens is 218 g/mol. The van der Waals surface area contributed by atoms with Gasteiger partial charge in [-0.15, -0.1) is 11.3 Å². The van der Waals surface area contributed by atoms with Gasteiger partial charge in [-0.2, -0.15) is 0 Å². The van der Waals surface area contributed by atoms with Crippen molar-refractivity contribution >= 4 is 21.4 Å². The second-order valence-corrected chi connectivity index (χ2v) is 4.57. The van der Waals surface area contributed by atoms with Gasteiger partial charge in [-0.25, -0.2) is 0 Å². The zero-order valence-corrected chi connectivity index (χ0v) is 10.3. The summed E-state index contributed by atoms with van der Waals surface area (Å²) in [7, 11) is 0. The summed E-state index contributed by atoms with van der Waals surface area (Å²) in [5, 5.41) is 6.77. The Morgan fingerprint density at radius 1 is 1.31 bits per heavy atom. The zero-order chi connectivity index (χ0) is 11.2. The molecule has 0 saturated heterocycles. The summed E-state index contributed by atoms with van der Waals surface area (Å²) in [5.41, 5.74) is 1.30. The minimum atomic E-state index is 0.718. The van der Waals surface area contributed by atoms with Gasteiger partial charge in [-0.3, -0.25) is 0 Å². The first kappa shape index (κ1) is 11.6. The van der Waals surface area contributed by atoms with Crippen molar-refractivity contribution in [1.82, 2.24) is 5.32 Å². The highest BCUT2D eigenvalue weighted by Crippen LogP contribution is 2.25. The third kappa shape index (κ3) is 2.82. The molecule has 0 atom stereocenters. The topological polar surface area (TPSA) is 21.3 Å². The number of likely N-dealkylation sites (N-methyl/N-ethyl adjacent to an activating group) is 1. The lowest BCUT2D eigenvalue weighted by atomic mass is 10.2. The number of fused-ring (bicyclic) bond motifs is 1. The Morgan fingerprint density at radius 2 is 2.19 bits per heavy atom. The maximum absolute atomic E-state index is 5.63. The molecule has 2 nitrogen and oxygen atoms in total. The van der Waals surface area contributed by atoms with Crippen LogP contribution in [0, 0.1) is 0 Å². The zero-order valence-electron chi connectivity index (χ0n) is 9.53. The Labute approximate surface area is 100 Å². The van der Waals surface area contributed by atoms with E-state index in [4.69, 9.17) is 4.74 Å². The van der Waals surface area contributed by atoms with Crippen molar-refractivity contribution < 1.29 is 4.74 Å². The first-order chi connectivity index (χ1) is 7.92. The number of benzene rings is 1. The van der Waals surface area contributed by atoms with Crippen LogP contribution in [0.2, 0.25) is 0 Å². The SMILES string of the molecule is CCNCCOCc1csc2ccccc12. The summed E-state index contributed by atoms with van der Waals surface area (Å²) in [4.78, 5) is 0. The number of hydrogen-bond acceptors (Lipinski definition) is 3. The lowest BCUT2D eigenvalue weighted by molar-refractivity contribution is 0.124. The van der Waals surface area contributed by atoms with Crippen molar-refractivity contribution in [2.45, 2.75) is 13.5 Å². The van der Waals surface area contributed by atoms with Crippen LogP contribution in [-0.2, 0) is 11.3 Å². The van der Waals surface area contributed by atoms with Gasteiger partial charge in [0.1, 0.15) is 0 Å². The van der Waals surface area contributed by atoms with E-state index in [1.807, 2.05) is 0 Å². The lowest BCUT2D eigenvalue weighted by Gasteiger charge is -2.03. The second-order valence-electron chi connectivity index (χ2n) is 3.66. The van der Waals surface area contributed by atoms with E-state index >= 15 is 0 Å². The minimum absolute atomic E-state index is 0.718. The monoisotopic (exact) mass is 235 g/mol. The molecule has 0 saturated carbocycles. The van der Waals surface area contributed by atoms with Crippen LogP contribution in [0.25, 0.3) is 10.1 Å². The van der Waals surface area contributed by atoms with E-state index in [-0.39, 0.29) is 0 Å². The molecule has 1 aromatic carbocycles. The summed E-state index contributed by atoms with van der Waals surface area (Å²) >= 11 is 1.79. The molecule has 0 unspecified atom stereocenters. The molecule has 0 aliphatic heterocycles. The van der Waals surface area contributed by atoms with Crippen LogP contribution in [0.4, 0.5) is 0 Å². The molecule has 2 rings (SSSR count). The molecule has 0 aliphatic carbocycles. The summed E-state index contributed by atoms with van der Waals surface area (Å²) < 4.78 is 6.97. The first-order valence-corrected chi connectivity index (χ1v) is 6.53. The average molecular weight is 235 g/mol. The van der Waals surface area contributed by atoms with Gasteiger partial charge in [0.25, 0.3) is 0 Å². The smallest absolute Gasteiger partial charge is 0.0731 e. The molecule has 0 bridgehead atoms. The highest BCUT2D eigenvalue weighted by molar-refractivity contribution is 7.17. The Kier molecular flexibility index (Phi) is 4.34. The highest BCUT2D eigenvalue weighted by Gasteiger charge is 2.02. The molecule has 2 aromatic rings.